The van der Waals surface area contributed by atoms with Gasteiger partial charge in [0.2, 0.25) is 5.91 Å². The highest BCUT2D eigenvalue weighted by Gasteiger charge is 2.17. The summed E-state index contributed by atoms with van der Waals surface area (Å²) >= 11 is 6.41. The molecule has 7 heteroatoms. The highest BCUT2D eigenvalue weighted by Crippen LogP contribution is 2.20. The van der Waals surface area contributed by atoms with Crippen molar-refractivity contribution in [3.63, 3.8) is 0 Å². The van der Waals surface area contributed by atoms with Crippen LogP contribution in [0, 0.1) is 0 Å². The monoisotopic (exact) mass is 384 g/mol. The second kappa shape index (κ2) is 6.23. The van der Waals surface area contributed by atoms with Gasteiger partial charge in [0.1, 0.15) is 15.2 Å². The highest BCUT2D eigenvalue weighted by molar-refractivity contribution is 9.11. The Kier molecular flexibility index (Phi) is 4.62. The Morgan fingerprint density at radius 3 is 2.58 bits per heavy atom. The fourth-order valence-electron chi connectivity index (χ4n) is 1.44. The van der Waals surface area contributed by atoms with E-state index >= 15 is 0 Å². The Bertz CT molecular complexity index is 592. The van der Waals surface area contributed by atoms with E-state index in [1.54, 1.807) is 12.1 Å². The minimum Gasteiger partial charge on any atom is -0.316 e. The SMILES string of the molecule is N[C@H](C(=O)Nc1ncc(Br)nc1Br)c1ccccc1. The third-order valence-electron chi connectivity index (χ3n) is 2.38. The molecule has 1 aromatic heterocycles. The van der Waals surface area contributed by atoms with E-state index in [9.17, 15) is 4.79 Å². The van der Waals surface area contributed by atoms with Crippen LogP contribution in [-0.2, 0) is 4.79 Å². The summed E-state index contributed by atoms with van der Waals surface area (Å²) in [6, 6.07) is 8.37. The lowest BCUT2D eigenvalue weighted by molar-refractivity contribution is -0.117. The van der Waals surface area contributed by atoms with Gasteiger partial charge >= 0.3 is 0 Å². The number of anilines is 1. The molecule has 0 saturated carbocycles. The number of rotatable bonds is 3. The number of hydrogen-bond donors (Lipinski definition) is 2. The van der Waals surface area contributed by atoms with E-state index < -0.39 is 6.04 Å². The zero-order valence-electron chi connectivity index (χ0n) is 9.68. The van der Waals surface area contributed by atoms with E-state index in [0.29, 0.717) is 15.0 Å². The first-order chi connectivity index (χ1) is 9.08. The van der Waals surface area contributed by atoms with Gasteiger partial charge in [-0.1, -0.05) is 30.3 Å². The summed E-state index contributed by atoms with van der Waals surface area (Å²) in [4.78, 5) is 20.1. The number of nitrogens with zero attached hydrogens (tertiary/aromatic N) is 2. The van der Waals surface area contributed by atoms with Crippen molar-refractivity contribution in [1.82, 2.24) is 9.97 Å². The lowest BCUT2D eigenvalue weighted by Gasteiger charge is -2.12. The maximum absolute atomic E-state index is 12.0. The van der Waals surface area contributed by atoms with Crippen LogP contribution < -0.4 is 11.1 Å². The molecule has 1 heterocycles. The molecule has 1 aromatic carbocycles. The smallest absolute Gasteiger partial charge is 0.247 e. The van der Waals surface area contributed by atoms with E-state index in [4.69, 9.17) is 5.73 Å². The number of carbonyl (C=O) groups excluding carboxylic acids is 1. The summed E-state index contributed by atoms with van der Waals surface area (Å²) in [5.41, 5.74) is 6.62. The minimum absolute atomic E-state index is 0.333. The van der Waals surface area contributed by atoms with Gasteiger partial charge in [0, 0.05) is 0 Å². The molecule has 0 spiro atoms. The Labute approximate surface area is 126 Å². The molecule has 3 N–H and O–H groups in total. The summed E-state index contributed by atoms with van der Waals surface area (Å²) < 4.78 is 1.01. The van der Waals surface area contributed by atoms with Gasteiger partial charge in [-0.2, -0.15) is 0 Å². The van der Waals surface area contributed by atoms with E-state index in [2.05, 4.69) is 47.1 Å². The van der Waals surface area contributed by atoms with Gasteiger partial charge < -0.3 is 11.1 Å². The van der Waals surface area contributed by atoms with Crippen LogP contribution in [0.3, 0.4) is 0 Å². The van der Waals surface area contributed by atoms with Gasteiger partial charge in [0.25, 0.3) is 0 Å². The molecule has 0 aliphatic heterocycles. The predicted molar refractivity (Wildman–Crippen MR) is 79.4 cm³/mol. The molecule has 5 nitrogen and oxygen atoms in total. The first-order valence-electron chi connectivity index (χ1n) is 5.37. The van der Waals surface area contributed by atoms with E-state index in [1.165, 1.54) is 6.20 Å². The molecule has 1 amide bonds. The van der Waals surface area contributed by atoms with Crippen LogP contribution in [0.1, 0.15) is 11.6 Å². The average Bonchev–Trinajstić information content (AvgIpc) is 2.42. The van der Waals surface area contributed by atoms with Crippen molar-refractivity contribution >= 4 is 43.6 Å². The third kappa shape index (κ3) is 3.59. The van der Waals surface area contributed by atoms with E-state index in [-0.39, 0.29) is 5.91 Å². The van der Waals surface area contributed by atoms with Gasteiger partial charge in [0.15, 0.2) is 5.82 Å². The fraction of sp³-hybridized carbons (Fsp3) is 0.0833. The third-order valence-corrected chi connectivity index (χ3v) is 3.32. The van der Waals surface area contributed by atoms with E-state index in [1.807, 2.05) is 18.2 Å². The van der Waals surface area contributed by atoms with Crippen molar-refractivity contribution in [2.45, 2.75) is 6.04 Å². The first kappa shape index (κ1) is 14.1. The molecule has 0 bridgehead atoms. The number of carbonyl (C=O) groups is 1. The molecule has 0 aliphatic rings. The van der Waals surface area contributed by atoms with Crippen LogP contribution in [0.15, 0.2) is 45.7 Å². The van der Waals surface area contributed by atoms with Crippen molar-refractivity contribution in [3.8, 4) is 0 Å². The van der Waals surface area contributed by atoms with Crippen molar-refractivity contribution in [2.75, 3.05) is 5.32 Å². The lowest BCUT2D eigenvalue weighted by atomic mass is 10.1. The fourth-order valence-corrected chi connectivity index (χ4v) is 2.35. The summed E-state index contributed by atoms with van der Waals surface area (Å²) in [7, 11) is 0. The standard InChI is InChI=1S/C12H10Br2N4O/c13-8-6-16-11(10(14)17-8)18-12(19)9(15)7-4-2-1-3-5-7/h1-6,9H,15H2,(H,16,18,19)/t9-/m0/s1. The molecule has 0 fully saturated rings. The predicted octanol–water partition coefficient (Wildman–Crippen LogP) is 2.64. The van der Waals surface area contributed by atoms with Gasteiger partial charge in [0.05, 0.1) is 6.20 Å². The first-order valence-corrected chi connectivity index (χ1v) is 6.96. The van der Waals surface area contributed by atoms with Crippen molar-refractivity contribution < 1.29 is 4.79 Å². The maximum atomic E-state index is 12.0. The molecule has 98 valence electrons. The van der Waals surface area contributed by atoms with Gasteiger partial charge in [-0.05, 0) is 37.4 Å². The normalized spacial score (nSPS) is 11.9. The second-order valence-electron chi connectivity index (χ2n) is 3.71. The van der Waals surface area contributed by atoms with E-state index in [0.717, 1.165) is 5.56 Å². The van der Waals surface area contributed by atoms with Crippen LogP contribution in [0.4, 0.5) is 5.82 Å². The van der Waals surface area contributed by atoms with Crippen molar-refractivity contribution in [1.29, 1.82) is 0 Å². The molecule has 0 radical (unpaired) electrons. The lowest BCUT2D eigenvalue weighted by Crippen LogP contribution is -2.28. The average molecular weight is 386 g/mol. The van der Waals surface area contributed by atoms with Crippen LogP contribution >= 0.6 is 31.9 Å². The zero-order chi connectivity index (χ0) is 13.8. The van der Waals surface area contributed by atoms with Gasteiger partial charge in [-0.3, -0.25) is 4.79 Å². The largest absolute Gasteiger partial charge is 0.316 e. The topological polar surface area (TPSA) is 80.9 Å². The quantitative estimate of drug-likeness (QED) is 0.850. The molecule has 0 unspecified atom stereocenters. The molecular formula is C12H10Br2N4O. The zero-order valence-corrected chi connectivity index (χ0v) is 12.8. The summed E-state index contributed by atoms with van der Waals surface area (Å²) in [5.74, 6) is -0.0110. The van der Waals surface area contributed by atoms with Crippen LogP contribution in [0.2, 0.25) is 0 Å². The molecule has 2 aromatic rings. The number of nitrogens with one attached hydrogen (secondary N) is 1. The summed E-state index contributed by atoms with van der Waals surface area (Å²) in [6.07, 6.45) is 1.49. The molecular weight excluding hydrogens is 376 g/mol. The van der Waals surface area contributed by atoms with Crippen LogP contribution in [0.5, 0.6) is 0 Å². The molecule has 0 saturated heterocycles. The number of aromatic nitrogens is 2. The molecule has 19 heavy (non-hydrogen) atoms. The second-order valence-corrected chi connectivity index (χ2v) is 5.27. The Morgan fingerprint density at radius 2 is 1.95 bits per heavy atom. The molecule has 0 aliphatic carbocycles. The summed E-state index contributed by atoms with van der Waals surface area (Å²) in [5, 5.41) is 2.63. The highest BCUT2D eigenvalue weighted by atomic mass is 79.9. The number of amides is 1. The Hall–Kier alpha value is -1.31. The van der Waals surface area contributed by atoms with Crippen LogP contribution in [0.25, 0.3) is 0 Å². The van der Waals surface area contributed by atoms with Crippen molar-refractivity contribution in [2.24, 2.45) is 5.73 Å². The van der Waals surface area contributed by atoms with Gasteiger partial charge in [-0.25, -0.2) is 9.97 Å². The Balaban J connectivity index is 2.13. The number of benzene rings is 1. The number of hydrogen-bond acceptors (Lipinski definition) is 4. The van der Waals surface area contributed by atoms with Crippen LogP contribution in [-0.4, -0.2) is 15.9 Å². The molecule has 2 rings (SSSR count). The van der Waals surface area contributed by atoms with Gasteiger partial charge in [-0.15, -0.1) is 0 Å². The minimum atomic E-state index is -0.751. The maximum Gasteiger partial charge on any atom is 0.247 e. The number of nitrogens with two attached hydrogens (primary N) is 1. The van der Waals surface area contributed by atoms with Crippen molar-refractivity contribution in [3.05, 3.63) is 51.3 Å². The molecule has 1 atom stereocenters. The number of halogens is 2. The Morgan fingerprint density at radius 1 is 1.26 bits per heavy atom. The summed E-state index contributed by atoms with van der Waals surface area (Å²) in [6.45, 7) is 0.